The standard InChI is InChI=1S/C10H11N3O7/c1-2-20-11-7-5-8(12(14)15)10(18-3-4-19-10)9(6-7)13(16)17/h5-6H,2-4H2,1H3. The third-order valence-corrected chi connectivity index (χ3v) is 2.63. The van der Waals surface area contributed by atoms with E-state index in [1.54, 1.807) is 6.92 Å². The molecule has 0 aromatic carbocycles. The van der Waals surface area contributed by atoms with Crippen LogP contribution in [0.4, 0.5) is 0 Å². The lowest BCUT2D eigenvalue weighted by Gasteiger charge is -2.23. The summed E-state index contributed by atoms with van der Waals surface area (Å²) in [5.74, 6) is -2.09. The van der Waals surface area contributed by atoms with E-state index >= 15 is 0 Å². The molecule has 0 bridgehead atoms. The van der Waals surface area contributed by atoms with Gasteiger partial charge in [0.15, 0.2) is 0 Å². The molecule has 2 rings (SSSR count). The fraction of sp³-hybridized carbons (Fsp3) is 0.500. The van der Waals surface area contributed by atoms with E-state index in [0.717, 1.165) is 12.2 Å². The molecule has 1 saturated heterocycles. The second-order valence-corrected chi connectivity index (χ2v) is 3.82. The summed E-state index contributed by atoms with van der Waals surface area (Å²) in [5.41, 5.74) is -1.24. The van der Waals surface area contributed by atoms with Crippen LogP contribution >= 0.6 is 0 Å². The Morgan fingerprint density at radius 3 is 2.15 bits per heavy atom. The molecule has 10 nitrogen and oxygen atoms in total. The lowest BCUT2D eigenvalue weighted by atomic mass is 10.0. The van der Waals surface area contributed by atoms with E-state index in [2.05, 4.69) is 5.16 Å². The summed E-state index contributed by atoms with van der Waals surface area (Å²) in [4.78, 5) is 25.4. The molecule has 0 N–H and O–H groups in total. The minimum atomic E-state index is -2.09. The van der Waals surface area contributed by atoms with E-state index in [4.69, 9.17) is 14.3 Å². The van der Waals surface area contributed by atoms with Crippen molar-refractivity contribution < 1.29 is 24.2 Å². The number of nitrogens with zero attached hydrogens (tertiary/aromatic N) is 3. The molecule has 0 saturated carbocycles. The summed E-state index contributed by atoms with van der Waals surface area (Å²) in [5, 5.41) is 25.8. The van der Waals surface area contributed by atoms with Crippen LogP contribution in [-0.4, -0.2) is 41.2 Å². The number of ether oxygens (including phenoxy) is 2. The van der Waals surface area contributed by atoms with Crippen LogP contribution < -0.4 is 0 Å². The predicted octanol–water partition coefficient (Wildman–Crippen LogP) is 0.457. The molecule has 20 heavy (non-hydrogen) atoms. The third kappa shape index (κ3) is 2.26. The molecule has 1 fully saturated rings. The Morgan fingerprint density at radius 2 is 1.75 bits per heavy atom. The molecule has 1 aliphatic heterocycles. The molecule has 0 aromatic rings. The van der Waals surface area contributed by atoms with Crippen LogP contribution in [0.25, 0.3) is 0 Å². The average Bonchev–Trinajstić information content (AvgIpc) is 2.86. The summed E-state index contributed by atoms with van der Waals surface area (Å²) in [6, 6.07) is 0. The summed E-state index contributed by atoms with van der Waals surface area (Å²) >= 11 is 0. The fourth-order valence-electron chi connectivity index (χ4n) is 1.89. The van der Waals surface area contributed by atoms with Gasteiger partial charge in [0, 0.05) is 12.2 Å². The van der Waals surface area contributed by atoms with Crippen LogP contribution in [0.2, 0.25) is 0 Å². The molecule has 0 unspecified atom stereocenters. The maximum Gasteiger partial charge on any atom is 0.356 e. The van der Waals surface area contributed by atoms with Gasteiger partial charge in [-0.2, -0.15) is 0 Å². The van der Waals surface area contributed by atoms with E-state index in [0.29, 0.717) is 0 Å². The first kappa shape index (κ1) is 14.1. The van der Waals surface area contributed by atoms with Gasteiger partial charge < -0.3 is 14.3 Å². The second kappa shape index (κ2) is 5.35. The summed E-state index contributed by atoms with van der Waals surface area (Å²) in [6.45, 7) is 1.93. The topological polar surface area (TPSA) is 126 Å². The van der Waals surface area contributed by atoms with Crippen molar-refractivity contribution in [2.45, 2.75) is 12.7 Å². The number of oxime groups is 1. The van der Waals surface area contributed by atoms with Crippen LogP contribution in [0.3, 0.4) is 0 Å². The average molecular weight is 285 g/mol. The minimum Gasteiger partial charge on any atom is -0.396 e. The molecule has 0 radical (unpaired) electrons. The maximum absolute atomic E-state index is 11.1. The van der Waals surface area contributed by atoms with Gasteiger partial charge in [-0.15, -0.1) is 0 Å². The Labute approximate surface area is 112 Å². The number of hydrogen-bond donors (Lipinski definition) is 0. The van der Waals surface area contributed by atoms with Crippen molar-refractivity contribution >= 4 is 5.71 Å². The van der Waals surface area contributed by atoms with Gasteiger partial charge in [-0.3, -0.25) is 20.2 Å². The molecule has 0 amide bonds. The van der Waals surface area contributed by atoms with E-state index in [1.807, 2.05) is 0 Å². The zero-order valence-electron chi connectivity index (χ0n) is 10.5. The first-order chi connectivity index (χ1) is 9.51. The normalized spacial score (nSPS) is 20.4. The summed E-state index contributed by atoms with van der Waals surface area (Å²) < 4.78 is 10.3. The smallest absolute Gasteiger partial charge is 0.356 e. The SMILES string of the molecule is CCON=C1C=C([N+](=O)[O-])C2(OCCO2)C([N+](=O)[O-])=C1. The van der Waals surface area contributed by atoms with E-state index in [1.165, 1.54) is 0 Å². The van der Waals surface area contributed by atoms with Gasteiger partial charge in [-0.25, -0.2) is 0 Å². The van der Waals surface area contributed by atoms with Crippen LogP contribution in [0.5, 0.6) is 0 Å². The zero-order valence-corrected chi connectivity index (χ0v) is 10.5. The second-order valence-electron chi connectivity index (χ2n) is 3.82. The van der Waals surface area contributed by atoms with Crippen molar-refractivity contribution in [3.05, 3.63) is 43.8 Å². The van der Waals surface area contributed by atoms with Crippen molar-refractivity contribution in [3.63, 3.8) is 0 Å². The highest BCUT2D eigenvalue weighted by atomic mass is 16.8. The van der Waals surface area contributed by atoms with Gasteiger partial charge in [0.1, 0.15) is 12.3 Å². The lowest BCUT2D eigenvalue weighted by Crippen LogP contribution is -2.43. The lowest BCUT2D eigenvalue weighted by molar-refractivity contribution is -0.495. The first-order valence-electron chi connectivity index (χ1n) is 5.72. The van der Waals surface area contributed by atoms with Crippen molar-refractivity contribution in [2.24, 2.45) is 5.16 Å². The minimum absolute atomic E-state index is 0.0221. The van der Waals surface area contributed by atoms with Gasteiger partial charge in [0.2, 0.25) is 0 Å². The molecular formula is C10H11N3O7. The van der Waals surface area contributed by atoms with Crippen LogP contribution in [0.1, 0.15) is 6.92 Å². The third-order valence-electron chi connectivity index (χ3n) is 2.63. The molecular weight excluding hydrogens is 274 g/mol. The maximum atomic E-state index is 11.1. The molecule has 108 valence electrons. The van der Waals surface area contributed by atoms with Gasteiger partial charge in [-0.05, 0) is 6.92 Å². The van der Waals surface area contributed by atoms with E-state index in [-0.39, 0.29) is 25.5 Å². The Balaban J connectivity index is 2.53. The molecule has 2 aliphatic rings. The first-order valence-corrected chi connectivity index (χ1v) is 5.72. The van der Waals surface area contributed by atoms with Gasteiger partial charge >= 0.3 is 17.2 Å². The van der Waals surface area contributed by atoms with Crippen molar-refractivity contribution in [1.82, 2.24) is 0 Å². The van der Waals surface area contributed by atoms with Crippen molar-refractivity contribution in [3.8, 4) is 0 Å². The molecule has 0 atom stereocenters. The number of hydrogen-bond acceptors (Lipinski definition) is 8. The number of rotatable bonds is 4. The van der Waals surface area contributed by atoms with E-state index < -0.39 is 27.0 Å². The Bertz CT molecular complexity index is 495. The monoisotopic (exact) mass is 285 g/mol. The zero-order chi connectivity index (χ0) is 14.8. The van der Waals surface area contributed by atoms with Gasteiger partial charge in [0.25, 0.3) is 0 Å². The quantitative estimate of drug-likeness (QED) is 0.542. The molecule has 1 spiro atoms. The Kier molecular flexibility index (Phi) is 3.77. The highest BCUT2D eigenvalue weighted by molar-refractivity contribution is 6.05. The number of allylic oxidation sites excluding steroid dienone is 2. The highest BCUT2D eigenvalue weighted by Gasteiger charge is 2.60. The Morgan fingerprint density at radius 1 is 1.25 bits per heavy atom. The predicted molar refractivity (Wildman–Crippen MR) is 63.9 cm³/mol. The fourth-order valence-corrected chi connectivity index (χ4v) is 1.89. The van der Waals surface area contributed by atoms with Crippen LogP contribution in [0.15, 0.2) is 28.7 Å². The Hall–Kier alpha value is -2.33. The largest absolute Gasteiger partial charge is 0.396 e. The van der Waals surface area contributed by atoms with E-state index in [9.17, 15) is 20.2 Å². The van der Waals surface area contributed by atoms with Crippen molar-refractivity contribution in [2.75, 3.05) is 19.8 Å². The van der Waals surface area contributed by atoms with Crippen LogP contribution in [0, 0.1) is 20.2 Å². The summed E-state index contributed by atoms with van der Waals surface area (Å²) in [6.07, 6.45) is 2.07. The summed E-state index contributed by atoms with van der Waals surface area (Å²) in [7, 11) is 0. The molecule has 10 heteroatoms. The number of nitro groups is 2. The molecule has 1 aliphatic carbocycles. The van der Waals surface area contributed by atoms with Crippen molar-refractivity contribution in [1.29, 1.82) is 0 Å². The van der Waals surface area contributed by atoms with Gasteiger partial charge in [0.05, 0.1) is 23.1 Å². The van der Waals surface area contributed by atoms with Crippen LogP contribution in [-0.2, 0) is 14.3 Å². The molecule has 1 heterocycles. The molecule has 0 aromatic heterocycles. The van der Waals surface area contributed by atoms with Gasteiger partial charge in [-0.1, -0.05) is 5.16 Å². The highest BCUT2D eigenvalue weighted by Crippen LogP contribution is 2.38.